The monoisotopic (exact) mass is 223 g/mol. The Bertz CT molecular complexity index is 346. The highest BCUT2D eigenvalue weighted by Crippen LogP contribution is 2.21. The third kappa shape index (κ3) is 2.50. The molecule has 4 heteroatoms. The summed E-state index contributed by atoms with van der Waals surface area (Å²) >= 11 is 0. The molecule has 1 saturated heterocycles. The smallest absolute Gasteiger partial charge is 0.141 e. The molecule has 1 aliphatic heterocycles. The number of pyridine rings is 1. The van der Waals surface area contributed by atoms with Crippen molar-refractivity contribution in [2.75, 3.05) is 18.0 Å². The van der Waals surface area contributed by atoms with Gasteiger partial charge in [-0.2, -0.15) is 0 Å². The van der Waals surface area contributed by atoms with E-state index in [0.717, 1.165) is 24.5 Å². The van der Waals surface area contributed by atoms with Crippen LogP contribution >= 0.6 is 0 Å². The van der Waals surface area contributed by atoms with E-state index in [1.807, 2.05) is 0 Å². The molecule has 2 heterocycles. The molecular formula is C12H18FN3. The molecular weight excluding hydrogens is 205 g/mol. The van der Waals surface area contributed by atoms with Gasteiger partial charge in [0.25, 0.3) is 0 Å². The van der Waals surface area contributed by atoms with Crippen molar-refractivity contribution in [2.24, 2.45) is 5.73 Å². The second kappa shape index (κ2) is 5.25. The maximum Gasteiger partial charge on any atom is 0.141 e. The van der Waals surface area contributed by atoms with E-state index in [9.17, 15) is 4.39 Å². The molecule has 2 rings (SSSR count). The van der Waals surface area contributed by atoms with Crippen LogP contribution in [0.2, 0.25) is 0 Å². The second-order valence-corrected chi connectivity index (χ2v) is 4.24. The minimum Gasteiger partial charge on any atom is -0.356 e. The summed E-state index contributed by atoms with van der Waals surface area (Å²) in [7, 11) is 0. The Morgan fingerprint density at radius 3 is 2.56 bits per heavy atom. The number of hydrogen-bond donors (Lipinski definition) is 1. The van der Waals surface area contributed by atoms with E-state index < -0.39 is 0 Å². The first-order chi connectivity index (χ1) is 7.81. The van der Waals surface area contributed by atoms with Crippen molar-refractivity contribution in [2.45, 2.75) is 32.2 Å². The van der Waals surface area contributed by atoms with Crippen LogP contribution < -0.4 is 10.6 Å². The molecule has 0 bridgehead atoms. The number of hydrogen-bond acceptors (Lipinski definition) is 3. The van der Waals surface area contributed by atoms with E-state index >= 15 is 0 Å². The van der Waals surface area contributed by atoms with Gasteiger partial charge in [-0.1, -0.05) is 12.8 Å². The lowest BCUT2D eigenvalue weighted by Gasteiger charge is -2.23. The van der Waals surface area contributed by atoms with Gasteiger partial charge in [-0.3, -0.25) is 0 Å². The Balaban J connectivity index is 2.23. The Morgan fingerprint density at radius 2 is 1.94 bits per heavy atom. The number of rotatable bonds is 2. The van der Waals surface area contributed by atoms with Crippen molar-refractivity contribution in [3.8, 4) is 0 Å². The van der Waals surface area contributed by atoms with E-state index in [1.54, 1.807) is 0 Å². The fourth-order valence-corrected chi connectivity index (χ4v) is 2.19. The molecule has 0 spiro atoms. The standard InChI is InChI=1S/C12H18FN3/c13-11-7-10(8-14)12(15-9-11)16-5-3-1-2-4-6-16/h7,9H,1-6,8,14H2. The molecule has 16 heavy (non-hydrogen) atoms. The van der Waals surface area contributed by atoms with Gasteiger partial charge in [-0.15, -0.1) is 0 Å². The molecule has 1 fully saturated rings. The van der Waals surface area contributed by atoms with Gasteiger partial charge in [0.15, 0.2) is 0 Å². The Labute approximate surface area is 95.5 Å². The number of nitrogens with zero attached hydrogens (tertiary/aromatic N) is 2. The topological polar surface area (TPSA) is 42.1 Å². The van der Waals surface area contributed by atoms with Crippen molar-refractivity contribution < 1.29 is 4.39 Å². The van der Waals surface area contributed by atoms with Crippen molar-refractivity contribution in [3.63, 3.8) is 0 Å². The largest absolute Gasteiger partial charge is 0.356 e. The molecule has 0 radical (unpaired) electrons. The quantitative estimate of drug-likeness (QED) is 0.834. The van der Waals surface area contributed by atoms with Crippen molar-refractivity contribution >= 4 is 5.82 Å². The molecule has 0 aliphatic carbocycles. The lowest BCUT2D eigenvalue weighted by Crippen LogP contribution is -2.26. The minimum absolute atomic E-state index is 0.306. The predicted octanol–water partition coefficient (Wildman–Crippen LogP) is 2.06. The summed E-state index contributed by atoms with van der Waals surface area (Å²) < 4.78 is 13.0. The van der Waals surface area contributed by atoms with E-state index in [2.05, 4.69) is 9.88 Å². The average Bonchev–Trinajstić information content (AvgIpc) is 2.57. The van der Waals surface area contributed by atoms with Crippen LogP contribution in [0.25, 0.3) is 0 Å². The Kier molecular flexibility index (Phi) is 3.72. The lowest BCUT2D eigenvalue weighted by molar-refractivity contribution is 0.616. The Hall–Kier alpha value is -1.16. The molecule has 0 unspecified atom stereocenters. The summed E-state index contributed by atoms with van der Waals surface area (Å²) in [4.78, 5) is 6.42. The number of halogens is 1. The molecule has 0 saturated carbocycles. The second-order valence-electron chi connectivity index (χ2n) is 4.24. The summed E-state index contributed by atoms with van der Waals surface area (Å²) in [6.07, 6.45) is 6.19. The normalized spacial score (nSPS) is 17.2. The summed E-state index contributed by atoms with van der Waals surface area (Å²) in [5, 5.41) is 0. The van der Waals surface area contributed by atoms with E-state index in [0.29, 0.717) is 6.54 Å². The zero-order chi connectivity index (χ0) is 11.4. The van der Waals surface area contributed by atoms with Crippen LogP contribution in [0.15, 0.2) is 12.3 Å². The molecule has 88 valence electrons. The van der Waals surface area contributed by atoms with E-state index in [-0.39, 0.29) is 5.82 Å². The van der Waals surface area contributed by atoms with Crippen molar-refractivity contribution in [1.82, 2.24) is 4.98 Å². The fraction of sp³-hybridized carbons (Fsp3) is 0.583. The summed E-state index contributed by atoms with van der Waals surface area (Å²) in [5.41, 5.74) is 6.44. The minimum atomic E-state index is -0.306. The zero-order valence-electron chi connectivity index (χ0n) is 9.45. The van der Waals surface area contributed by atoms with Gasteiger partial charge in [0.2, 0.25) is 0 Å². The number of nitrogens with two attached hydrogens (primary N) is 1. The number of anilines is 1. The summed E-state index contributed by atoms with van der Waals surface area (Å²) in [6, 6.07) is 1.49. The van der Waals surface area contributed by atoms with Crippen LogP contribution in [0.1, 0.15) is 31.2 Å². The van der Waals surface area contributed by atoms with Gasteiger partial charge in [-0.25, -0.2) is 9.37 Å². The number of aromatic nitrogens is 1. The average molecular weight is 223 g/mol. The molecule has 0 amide bonds. The molecule has 1 aromatic heterocycles. The maximum absolute atomic E-state index is 13.0. The van der Waals surface area contributed by atoms with Crippen molar-refractivity contribution in [1.29, 1.82) is 0 Å². The van der Waals surface area contributed by atoms with Crippen LogP contribution in [0.4, 0.5) is 10.2 Å². The highest BCUT2D eigenvalue weighted by atomic mass is 19.1. The highest BCUT2D eigenvalue weighted by molar-refractivity contribution is 5.46. The van der Waals surface area contributed by atoms with Crippen LogP contribution in [0, 0.1) is 5.82 Å². The van der Waals surface area contributed by atoms with E-state index in [4.69, 9.17) is 5.73 Å². The molecule has 1 aliphatic rings. The molecule has 0 aromatic carbocycles. The van der Waals surface area contributed by atoms with Crippen LogP contribution in [-0.2, 0) is 6.54 Å². The highest BCUT2D eigenvalue weighted by Gasteiger charge is 2.14. The first kappa shape index (κ1) is 11.3. The predicted molar refractivity (Wildman–Crippen MR) is 62.8 cm³/mol. The Morgan fingerprint density at radius 1 is 1.25 bits per heavy atom. The van der Waals surface area contributed by atoms with Crippen LogP contribution in [-0.4, -0.2) is 18.1 Å². The molecule has 3 nitrogen and oxygen atoms in total. The molecule has 0 atom stereocenters. The first-order valence-corrected chi connectivity index (χ1v) is 5.90. The van der Waals surface area contributed by atoms with Gasteiger partial charge in [0.05, 0.1) is 6.20 Å². The van der Waals surface area contributed by atoms with E-state index in [1.165, 1.54) is 37.9 Å². The summed E-state index contributed by atoms with van der Waals surface area (Å²) in [6.45, 7) is 2.36. The van der Waals surface area contributed by atoms with Gasteiger partial charge in [0.1, 0.15) is 11.6 Å². The summed E-state index contributed by atoms with van der Waals surface area (Å²) in [5.74, 6) is 0.560. The maximum atomic E-state index is 13.0. The molecule has 2 N–H and O–H groups in total. The molecule has 1 aromatic rings. The SMILES string of the molecule is NCc1cc(F)cnc1N1CCCCCC1. The first-order valence-electron chi connectivity index (χ1n) is 5.90. The third-order valence-electron chi connectivity index (χ3n) is 3.04. The van der Waals surface area contributed by atoms with Crippen molar-refractivity contribution in [3.05, 3.63) is 23.6 Å². The zero-order valence-corrected chi connectivity index (χ0v) is 9.45. The van der Waals surface area contributed by atoms with Gasteiger partial charge < -0.3 is 10.6 Å². The van der Waals surface area contributed by atoms with Crippen LogP contribution in [0.5, 0.6) is 0 Å². The van der Waals surface area contributed by atoms with Crippen LogP contribution in [0.3, 0.4) is 0 Å². The van der Waals surface area contributed by atoms with Gasteiger partial charge in [0, 0.05) is 25.2 Å². The fourth-order valence-electron chi connectivity index (χ4n) is 2.19. The lowest BCUT2D eigenvalue weighted by atomic mass is 10.2. The van der Waals surface area contributed by atoms with Gasteiger partial charge in [-0.05, 0) is 18.9 Å². The van der Waals surface area contributed by atoms with Gasteiger partial charge >= 0.3 is 0 Å². The third-order valence-corrected chi connectivity index (χ3v) is 3.04.